The van der Waals surface area contributed by atoms with Gasteiger partial charge in [0.25, 0.3) is 0 Å². The molecule has 1 saturated carbocycles. The lowest BCUT2D eigenvalue weighted by molar-refractivity contribution is -0.127. The summed E-state index contributed by atoms with van der Waals surface area (Å²) >= 11 is 0. The molecule has 144 valence electrons. The second kappa shape index (κ2) is 8.28. The summed E-state index contributed by atoms with van der Waals surface area (Å²) < 4.78 is 0. The van der Waals surface area contributed by atoms with Crippen molar-refractivity contribution in [1.29, 1.82) is 0 Å². The maximum atomic E-state index is 12.7. The first-order chi connectivity index (χ1) is 12.6. The predicted octanol–water partition coefficient (Wildman–Crippen LogP) is 3.00. The monoisotopic (exact) mass is 387 g/mol. The molecule has 0 spiro atoms. The third-order valence-electron chi connectivity index (χ3n) is 5.67. The standard InChI is InChI=1S/C21H25N3O2.ClH/c22-16-8-10-17(11-9-16)23-21(26)15-12-20(25)24(13-15)19-7-3-5-14-4-1-2-6-18(14)19;/h1-7,15-17H,8-13,22H2,(H,23,26);1H. The topological polar surface area (TPSA) is 75.4 Å². The summed E-state index contributed by atoms with van der Waals surface area (Å²) in [7, 11) is 0. The van der Waals surface area contributed by atoms with Crippen molar-refractivity contribution in [1.82, 2.24) is 5.32 Å². The Balaban J connectivity index is 0.00000210. The van der Waals surface area contributed by atoms with E-state index in [1.54, 1.807) is 4.90 Å². The van der Waals surface area contributed by atoms with Crippen LogP contribution in [0, 0.1) is 5.92 Å². The van der Waals surface area contributed by atoms with Gasteiger partial charge in [0.1, 0.15) is 0 Å². The minimum atomic E-state index is -0.280. The fourth-order valence-corrected chi connectivity index (χ4v) is 4.14. The van der Waals surface area contributed by atoms with Gasteiger partial charge in [0, 0.05) is 30.4 Å². The van der Waals surface area contributed by atoms with Crippen LogP contribution in [-0.2, 0) is 9.59 Å². The van der Waals surface area contributed by atoms with Gasteiger partial charge in [-0.3, -0.25) is 9.59 Å². The molecule has 1 atom stereocenters. The highest BCUT2D eigenvalue weighted by Gasteiger charge is 2.36. The van der Waals surface area contributed by atoms with Gasteiger partial charge in [0.2, 0.25) is 11.8 Å². The summed E-state index contributed by atoms with van der Waals surface area (Å²) in [6, 6.07) is 14.5. The quantitative estimate of drug-likeness (QED) is 0.850. The molecule has 1 saturated heterocycles. The molecule has 1 aliphatic heterocycles. The lowest BCUT2D eigenvalue weighted by atomic mass is 9.91. The fourth-order valence-electron chi connectivity index (χ4n) is 4.14. The third-order valence-corrected chi connectivity index (χ3v) is 5.67. The summed E-state index contributed by atoms with van der Waals surface area (Å²) in [5, 5.41) is 5.29. The van der Waals surface area contributed by atoms with E-state index in [-0.39, 0.29) is 48.6 Å². The number of nitrogens with two attached hydrogens (primary N) is 1. The molecule has 3 N–H and O–H groups in total. The first kappa shape index (κ1) is 19.6. The van der Waals surface area contributed by atoms with Crippen LogP contribution < -0.4 is 16.0 Å². The zero-order valence-corrected chi connectivity index (χ0v) is 16.1. The lowest BCUT2D eigenvalue weighted by Crippen LogP contribution is -2.43. The lowest BCUT2D eigenvalue weighted by Gasteiger charge is -2.27. The number of nitrogens with zero attached hydrogens (tertiary/aromatic N) is 1. The van der Waals surface area contributed by atoms with Gasteiger partial charge in [0.05, 0.1) is 11.6 Å². The number of rotatable bonds is 3. The largest absolute Gasteiger partial charge is 0.353 e. The van der Waals surface area contributed by atoms with Crippen LogP contribution in [0.4, 0.5) is 5.69 Å². The van der Waals surface area contributed by atoms with Crippen LogP contribution in [0.5, 0.6) is 0 Å². The number of fused-ring (bicyclic) bond motifs is 1. The Morgan fingerprint density at radius 2 is 1.74 bits per heavy atom. The van der Waals surface area contributed by atoms with E-state index in [0.29, 0.717) is 6.54 Å². The van der Waals surface area contributed by atoms with Gasteiger partial charge >= 0.3 is 0 Å². The number of hydrogen-bond acceptors (Lipinski definition) is 3. The molecule has 6 heteroatoms. The van der Waals surface area contributed by atoms with Gasteiger partial charge < -0.3 is 16.0 Å². The molecule has 1 aliphatic carbocycles. The molecule has 2 aliphatic rings. The number of carbonyl (C=O) groups excluding carboxylic acids is 2. The van der Waals surface area contributed by atoms with E-state index < -0.39 is 0 Å². The Bertz CT molecular complexity index is 828. The average molecular weight is 388 g/mol. The predicted molar refractivity (Wildman–Crippen MR) is 110 cm³/mol. The van der Waals surface area contributed by atoms with Crippen LogP contribution in [0.2, 0.25) is 0 Å². The number of benzene rings is 2. The first-order valence-electron chi connectivity index (χ1n) is 9.46. The van der Waals surface area contributed by atoms with E-state index in [2.05, 4.69) is 5.32 Å². The van der Waals surface area contributed by atoms with E-state index in [9.17, 15) is 9.59 Å². The third kappa shape index (κ3) is 4.09. The van der Waals surface area contributed by atoms with Crippen molar-refractivity contribution in [2.24, 2.45) is 11.7 Å². The molecule has 0 bridgehead atoms. The van der Waals surface area contributed by atoms with E-state index in [1.165, 1.54) is 0 Å². The van der Waals surface area contributed by atoms with Gasteiger partial charge in [-0.2, -0.15) is 0 Å². The summed E-state index contributed by atoms with van der Waals surface area (Å²) in [4.78, 5) is 27.0. The molecule has 5 nitrogen and oxygen atoms in total. The van der Waals surface area contributed by atoms with E-state index in [4.69, 9.17) is 5.73 Å². The van der Waals surface area contributed by atoms with Crippen molar-refractivity contribution < 1.29 is 9.59 Å². The second-order valence-electron chi connectivity index (χ2n) is 7.52. The van der Waals surface area contributed by atoms with Gasteiger partial charge in [-0.25, -0.2) is 0 Å². The number of halogens is 1. The second-order valence-corrected chi connectivity index (χ2v) is 7.52. The van der Waals surface area contributed by atoms with Crippen molar-refractivity contribution in [3.05, 3.63) is 42.5 Å². The summed E-state index contributed by atoms with van der Waals surface area (Å²) in [5.74, 6) is -0.259. The molecule has 1 heterocycles. The average Bonchev–Trinajstić information content (AvgIpc) is 3.05. The van der Waals surface area contributed by atoms with Gasteiger partial charge in [0.15, 0.2) is 0 Å². The molecule has 2 aromatic rings. The molecule has 27 heavy (non-hydrogen) atoms. The Morgan fingerprint density at radius 3 is 2.52 bits per heavy atom. The Kier molecular flexibility index (Phi) is 6.02. The van der Waals surface area contributed by atoms with Crippen molar-refractivity contribution >= 4 is 40.7 Å². The molecule has 4 rings (SSSR count). The zero-order chi connectivity index (χ0) is 18.1. The molecule has 1 unspecified atom stereocenters. The number of amides is 2. The smallest absolute Gasteiger partial charge is 0.227 e. The number of hydrogen-bond donors (Lipinski definition) is 2. The highest BCUT2D eigenvalue weighted by molar-refractivity contribution is 6.07. The van der Waals surface area contributed by atoms with E-state index in [0.717, 1.165) is 42.1 Å². The molecular weight excluding hydrogens is 362 g/mol. The number of nitrogens with one attached hydrogen (secondary N) is 1. The van der Waals surface area contributed by atoms with Crippen LogP contribution >= 0.6 is 12.4 Å². The normalized spacial score (nSPS) is 25.3. The van der Waals surface area contributed by atoms with Gasteiger partial charge in [-0.15, -0.1) is 12.4 Å². The zero-order valence-electron chi connectivity index (χ0n) is 15.3. The summed E-state index contributed by atoms with van der Waals surface area (Å²) in [6.45, 7) is 0.449. The van der Waals surface area contributed by atoms with Crippen LogP contribution in [0.15, 0.2) is 42.5 Å². The Morgan fingerprint density at radius 1 is 1.04 bits per heavy atom. The minimum absolute atomic E-state index is 0. The van der Waals surface area contributed by atoms with Crippen molar-refractivity contribution in [2.45, 2.75) is 44.2 Å². The highest BCUT2D eigenvalue weighted by Crippen LogP contribution is 2.32. The molecule has 0 radical (unpaired) electrons. The SMILES string of the molecule is Cl.NC1CCC(NC(=O)C2CC(=O)N(c3cccc4ccccc34)C2)CC1. The molecule has 2 amide bonds. The van der Waals surface area contributed by atoms with Crippen molar-refractivity contribution in [3.63, 3.8) is 0 Å². The first-order valence-corrected chi connectivity index (χ1v) is 9.46. The van der Waals surface area contributed by atoms with Crippen LogP contribution in [0.3, 0.4) is 0 Å². The molecule has 2 fully saturated rings. The molecule has 0 aromatic heterocycles. The van der Waals surface area contributed by atoms with E-state index in [1.807, 2.05) is 42.5 Å². The van der Waals surface area contributed by atoms with Crippen LogP contribution in [0.1, 0.15) is 32.1 Å². The van der Waals surface area contributed by atoms with Gasteiger partial charge in [-0.1, -0.05) is 36.4 Å². The Hall–Kier alpha value is -2.11. The van der Waals surface area contributed by atoms with Crippen molar-refractivity contribution in [3.8, 4) is 0 Å². The van der Waals surface area contributed by atoms with Crippen molar-refractivity contribution in [2.75, 3.05) is 11.4 Å². The number of carbonyl (C=O) groups is 2. The van der Waals surface area contributed by atoms with E-state index >= 15 is 0 Å². The minimum Gasteiger partial charge on any atom is -0.353 e. The van der Waals surface area contributed by atoms with Gasteiger partial charge in [-0.05, 0) is 37.1 Å². The maximum Gasteiger partial charge on any atom is 0.227 e. The fraction of sp³-hybridized carbons (Fsp3) is 0.429. The Labute approximate surface area is 165 Å². The maximum absolute atomic E-state index is 12.7. The summed E-state index contributed by atoms with van der Waals surface area (Å²) in [5.41, 5.74) is 6.83. The van der Waals surface area contributed by atoms with Crippen LogP contribution in [0.25, 0.3) is 10.8 Å². The highest BCUT2D eigenvalue weighted by atomic mass is 35.5. The molecular formula is C21H26ClN3O2. The van der Waals surface area contributed by atoms with Crippen LogP contribution in [-0.4, -0.2) is 30.4 Å². The molecule has 2 aromatic carbocycles. The summed E-state index contributed by atoms with van der Waals surface area (Å²) in [6.07, 6.45) is 4.05. The number of anilines is 1.